The average molecular weight is 431 g/mol. The molecule has 2 heterocycles. The fourth-order valence-corrected chi connectivity index (χ4v) is 3.45. The Hall–Kier alpha value is -3.75. The zero-order valence-electron chi connectivity index (χ0n) is 16.1. The summed E-state index contributed by atoms with van der Waals surface area (Å²) in [6.07, 6.45) is 4.93. The number of rotatable bonds is 4. The van der Waals surface area contributed by atoms with Gasteiger partial charge in [0, 0.05) is 29.2 Å². The van der Waals surface area contributed by atoms with Crippen molar-refractivity contribution in [2.24, 2.45) is 5.10 Å². The minimum absolute atomic E-state index is 0.0366. The lowest BCUT2D eigenvalue weighted by atomic mass is 10.1. The third-order valence-electron chi connectivity index (χ3n) is 4.91. The van der Waals surface area contributed by atoms with Crippen LogP contribution in [-0.2, 0) is 11.3 Å². The van der Waals surface area contributed by atoms with E-state index in [0.29, 0.717) is 12.1 Å². The topological polar surface area (TPSA) is 37.6 Å². The first-order valence-electron chi connectivity index (χ1n) is 9.08. The first-order valence-corrected chi connectivity index (χ1v) is 9.08. The summed E-state index contributed by atoms with van der Waals surface area (Å²) >= 11 is 0. The zero-order chi connectivity index (χ0) is 22.4. The van der Waals surface area contributed by atoms with Crippen molar-refractivity contribution < 1.29 is 26.7 Å². The highest BCUT2D eigenvalue weighted by Gasteiger charge is 2.37. The average Bonchev–Trinajstić information content (AvgIpc) is 3.24. The number of hydrogen-bond acceptors (Lipinski definition) is 2. The van der Waals surface area contributed by atoms with E-state index in [-0.39, 0.29) is 16.3 Å². The summed E-state index contributed by atoms with van der Waals surface area (Å²) in [6.45, 7) is 5.61. The van der Waals surface area contributed by atoms with Gasteiger partial charge in [0.15, 0.2) is 23.3 Å². The number of allylic oxidation sites excluding steroid dienone is 1. The molecule has 0 bridgehead atoms. The molecule has 31 heavy (non-hydrogen) atoms. The van der Waals surface area contributed by atoms with Crippen LogP contribution in [0.25, 0.3) is 17.0 Å². The molecule has 0 N–H and O–H groups in total. The van der Waals surface area contributed by atoms with Gasteiger partial charge < -0.3 is 4.57 Å². The summed E-state index contributed by atoms with van der Waals surface area (Å²) in [5.41, 5.74) is 0.0960. The van der Waals surface area contributed by atoms with Gasteiger partial charge in [-0.25, -0.2) is 22.0 Å². The fraction of sp³-hybridized carbons (Fsp3) is 0.0909. The number of carbonyl (C=O) groups excluding carboxylic acids is 1. The molecule has 4 nitrogen and oxygen atoms in total. The van der Waals surface area contributed by atoms with Crippen LogP contribution in [0.4, 0.5) is 27.6 Å². The van der Waals surface area contributed by atoms with Crippen LogP contribution in [0.3, 0.4) is 0 Å². The van der Waals surface area contributed by atoms with Crippen LogP contribution in [0.1, 0.15) is 12.5 Å². The summed E-state index contributed by atoms with van der Waals surface area (Å²) in [5.74, 6) is -11.9. The number of aromatic nitrogens is 1. The maximum absolute atomic E-state index is 14.2. The molecule has 1 aromatic heterocycles. The van der Waals surface area contributed by atoms with Gasteiger partial charge in [-0.1, -0.05) is 24.3 Å². The predicted molar refractivity (Wildman–Crippen MR) is 107 cm³/mol. The Kier molecular flexibility index (Phi) is 4.96. The summed E-state index contributed by atoms with van der Waals surface area (Å²) in [6, 6.07) is 7.35. The van der Waals surface area contributed by atoms with Crippen molar-refractivity contribution in [1.29, 1.82) is 0 Å². The Labute approximate surface area is 173 Å². The van der Waals surface area contributed by atoms with Crippen molar-refractivity contribution in [3.05, 3.63) is 83.3 Å². The zero-order valence-corrected chi connectivity index (χ0v) is 16.1. The molecule has 0 spiro atoms. The van der Waals surface area contributed by atoms with E-state index in [9.17, 15) is 26.7 Å². The predicted octanol–water partition coefficient (Wildman–Crippen LogP) is 5.33. The van der Waals surface area contributed by atoms with Crippen molar-refractivity contribution in [2.45, 2.75) is 13.5 Å². The molecule has 0 atom stereocenters. The Morgan fingerprint density at radius 3 is 2.26 bits per heavy atom. The second-order valence-electron chi connectivity index (χ2n) is 6.82. The number of fused-ring (bicyclic) bond motifs is 1. The highest BCUT2D eigenvalue weighted by atomic mass is 19.2. The monoisotopic (exact) mass is 431 g/mol. The molecular weight excluding hydrogens is 417 g/mol. The molecule has 0 saturated carbocycles. The van der Waals surface area contributed by atoms with E-state index in [1.807, 2.05) is 22.8 Å². The lowest BCUT2D eigenvalue weighted by molar-refractivity contribution is -0.114. The summed E-state index contributed by atoms with van der Waals surface area (Å²) in [4.78, 5) is 12.8. The first kappa shape index (κ1) is 20.5. The normalized spacial score (nSPS) is 15.3. The quantitative estimate of drug-likeness (QED) is 0.181. The maximum Gasteiger partial charge on any atom is 0.280 e. The summed E-state index contributed by atoms with van der Waals surface area (Å²) in [7, 11) is 0. The van der Waals surface area contributed by atoms with E-state index in [0.717, 1.165) is 10.9 Å². The van der Waals surface area contributed by atoms with Gasteiger partial charge in [0.25, 0.3) is 5.91 Å². The molecule has 4 rings (SSSR count). The van der Waals surface area contributed by atoms with Gasteiger partial charge in [-0.15, -0.1) is 6.58 Å². The third kappa shape index (κ3) is 3.13. The van der Waals surface area contributed by atoms with Crippen molar-refractivity contribution in [3.8, 4) is 0 Å². The minimum atomic E-state index is -2.31. The van der Waals surface area contributed by atoms with Crippen LogP contribution >= 0.6 is 0 Å². The maximum atomic E-state index is 14.2. The number of amides is 1. The molecule has 0 aliphatic carbocycles. The van der Waals surface area contributed by atoms with Crippen LogP contribution in [0.15, 0.2) is 53.8 Å². The number of carbonyl (C=O) groups is 1. The van der Waals surface area contributed by atoms with E-state index in [4.69, 9.17) is 0 Å². The summed E-state index contributed by atoms with van der Waals surface area (Å²) < 4.78 is 70.8. The van der Waals surface area contributed by atoms with Crippen molar-refractivity contribution in [3.63, 3.8) is 0 Å². The molecular formula is C22H14F5N3O. The Morgan fingerprint density at radius 2 is 1.61 bits per heavy atom. The van der Waals surface area contributed by atoms with Gasteiger partial charge in [0.05, 0.1) is 11.3 Å². The van der Waals surface area contributed by atoms with E-state index < -0.39 is 40.7 Å². The number of anilines is 1. The molecule has 0 unspecified atom stereocenters. The van der Waals surface area contributed by atoms with Crippen LogP contribution in [0.5, 0.6) is 0 Å². The number of halogens is 5. The molecule has 1 aliphatic heterocycles. The van der Waals surface area contributed by atoms with Crippen molar-refractivity contribution >= 4 is 34.3 Å². The Bertz CT molecular complexity index is 1290. The first-order chi connectivity index (χ1) is 14.8. The third-order valence-corrected chi connectivity index (χ3v) is 4.91. The van der Waals surface area contributed by atoms with Gasteiger partial charge in [-0.3, -0.25) is 4.79 Å². The Balaban J connectivity index is 1.83. The van der Waals surface area contributed by atoms with Crippen molar-refractivity contribution in [1.82, 2.24) is 4.57 Å². The van der Waals surface area contributed by atoms with Crippen LogP contribution < -0.4 is 5.01 Å². The molecule has 3 aromatic rings. The molecule has 1 amide bonds. The number of benzene rings is 2. The highest BCUT2D eigenvalue weighted by Crippen LogP contribution is 2.34. The molecule has 158 valence electrons. The largest absolute Gasteiger partial charge is 0.343 e. The second kappa shape index (κ2) is 7.50. The second-order valence-corrected chi connectivity index (χ2v) is 6.82. The fourth-order valence-electron chi connectivity index (χ4n) is 3.45. The smallest absolute Gasteiger partial charge is 0.280 e. The van der Waals surface area contributed by atoms with E-state index in [1.54, 1.807) is 18.3 Å². The van der Waals surface area contributed by atoms with E-state index >= 15 is 0 Å². The van der Waals surface area contributed by atoms with E-state index in [2.05, 4.69) is 11.7 Å². The number of hydrogen-bond donors (Lipinski definition) is 0. The van der Waals surface area contributed by atoms with Gasteiger partial charge in [0.1, 0.15) is 5.69 Å². The Morgan fingerprint density at radius 1 is 1.00 bits per heavy atom. The van der Waals surface area contributed by atoms with Crippen LogP contribution in [-0.4, -0.2) is 16.2 Å². The molecule has 2 aromatic carbocycles. The lowest BCUT2D eigenvalue weighted by Crippen LogP contribution is -2.25. The van der Waals surface area contributed by atoms with Crippen molar-refractivity contribution in [2.75, 3.05) is 5.01 Å². The summed E-state index contributed by atoms with van der Waals surface area (Å²) in [5, 5.41) is 4.74. The standard InChI is InChI=1S/C22H14F5N3O/c1-3-8-29-10-12(13-6-4-5-7-15(13)29)9-14-11(2)28-30(22(14)31)21-19(26)17(24)16(23)18(25)20(21)27/h3-7,9-10H,1,8H2,2H3/b14-9-. The van der Waals surface area contributed by atoms with Crippen LogP contribution in [0, 0.1) is 29.1 Å². The van der Waals surface area contributed by atoms with Gasteiger partial charge in [-0.05, 0) is 19.1 Å². The van der Waals surface area contributed by atoms with Gasteiger partial charge in [-0.2, -0.15) is 10.1 Å². The number of hydrazone groups is 1. The molecule has 0 fully saturated rings. The minimum Gasteiger partial charge on any atom is -0.343 e. The lowest BCUT2D eigenvalue weighted by Gasteiger charge is -2.15. The highest BCUT2D eigenvalue weighted by molar-refractivity contribution is 6.32. The van der Waals surface area contributed by atoms with Gasteiger partial charge >= 0.3 is 0 Å². The number of nitrogens with zero attached hydrogens (tertiary/aromatic N) is 3. The van der Waals surface area contributed by atoms with Gasteiger partial charge in [0.2, 0.25) is 5.82 Å². The SMILES string of the molecule is C=CCn1cc(/C=C2\C(=O)N(c3c(F)c(F)c(F)c(F)c3F)N=C2C)c2ccccc21. The molecule has 1 aliphatic rings. The van der Waals surface area contributed by atoms with E-state index in [1.165, 1.54) is 13.0 Å². The van der Waals surface area contributed by atoms with Crippen LogP contribution in [0.2, 0.25) is 0 Å². The molecule has 9 heteroatoms. The number of para-hydroxylation sites is 1. The molecule has 0 saturated heterocycles. The molecule has 0 radical (unpaired) electrons.